The molecule has 0 unspecified atom stereocenters. The first-order valence-electron chi connectivity index (χ1n) is 8.13. The molecule has 0 aliphatic carbocycles. The van der Waals surface area contributed by atoms with Crippen molar-refractivity contribution in [2.45, 2.75) is 0 Å². The Morgan fingerprint density at radius 2 is 1.93 bits per heavy atom. The first kappa shape index (κ1) is 17.1. The van der Waals surface area contributed by atoms with Gasteiger partial charge in [0.05, 0.1) is 37.2 Å². The Morgan fingerprint density at radius 1 is 1.04 bits per heavy atom. The monoisotopic (exact) mass is 381 g/mol. The fourth-order valence-electron chi connectivity index (χ4n) is 2.77. The minimum absolute atomic E-state index is 0.622. The zero-order valence-electron chi connectivity index (χ0n) is 14.7. The summed E-state index contributed by atoms with van der Waals surface area (Å²) in [5.41, 5.74) is 2.25. The van der Waals surface area contributed by atoms with E-state index in [0.29, 0.717) is 28.0 Å². The number of benzene rings is 2. The first-order chi connectivity index (χ1) is 13.2. The Hall–Kier alpha value is -3.32. The van der Waals surface area contributed by atoms with Crippen molar-refractivity contribution in [3.63, 3.8) is 0 Å². The second-order valence-electron chi connectivity index (χ2n) is 5.69. The molecule has 0 saturated carbocycles. The third-order valence-electron chi connectivity index (χ3n) is 4.08. The van der Waals surface area contributed by atoms with E-state index in [1.54, 1.807) is 31.2 Å². The van der Waals surface area contributed by atoms with E-state index in [0.717, 1.165) is 16.8 Å². The van der Waals surface area contributed by atoms with Gasteiger partial charge >= 0.3 is 0 Å². The molecule has 4 aromatic rings. The van der Waals surface area contributed by atoms with E-state index in [-0.39, 0.29) is 0 Å². The maximum absolute atomic E-state index is 6.10. The Bertz CT molecular complexity index is 1110. The van der Waals surface area contributed by atoms with Crippen LogP contribution < -0.4 is 14.8 Å². The van der Waals surface area contributed by atoms with Crippen molar-refractivity contribution in [1.29, 1.82) is 0 Å². The molecule has 0 radical (unpaired) electrons. The molecule has 2 heterocycles. The highest BCUT2D eigenvalue weighted by Gasteiger charge is 2.13. The summed E-state index contributed by atoms with van der Waals surface area (Å²) in [4.78, 5) is 8.73. The third-order valence-corrected chi connectivity index (χ3v) is 4.32. The normalized spacial score (nSPS) is 10.8. The number of nitrogens with one attached hydrogen (secondary N) is 1. The molecular formula is C19H16ClN5O2. The molecule has 136 valence electrons. The van der Waals surface area contributed by atoms with E-state index in [9.17, 15) is 0 Å². The zero-order valence-corrected chi connectivity index (χ0v) is 15.4. The summed E-state index contributed by atoms with van der Waals surface area (Å²) in [6.45, 7) is 0. The number of anilines is 2. The van der Waals surface area contributed by atoms with Crippen molar-refractivity contribution >= 4 is 34.1 Å². The molecule has 27 heavy (non-hydrogen) atoms. The number of aromatic nitrogens is 4. The molecular weight excluding hydrogens is 366 g/mol. The fourth-order valence-corrected chi connectivity index (χ4v) is 2.95. The van der Waals surface area contributed by atoms with Gasteiger partial charge in [-0.15, -0.1) is 0 Å². The van der Waals surface area contributed by atoms with Crippen LogP contribution in [0, 0.1) is 0 Å². The second-order valence-corrected chi connectivity index (χ2v) is 6.12. The molecule has 0 bridgehead atoms. The molecule has 0 atom stereocenters. The van der Waals surface area contributed by atoms with Crippen molar-refractivity contribution in [2.24, 2.45) is 0 Å². The third kappa shape index (κ3) is 3.24. The quantitative estimate of drug-likeness (QED) is 0.557. The van der Waals surface area contributed by atoms with Crippen LogP contribution in [0.25, 0.3) is 16.7 Å². The molecule has 8 heteroatoms. The molecule has 2 aromatic heterocycles. The van der Waals surface area contributed by atoms with Crippen molar-refractivity contribution in [1.82, 2.24) is 19.7 Å². The van der Waals surface area contributed by atoms with Gasteiger partial charge in [0.15, 0.2) is 5.65 Å². The van der Waals surface area contributed by atoms with Crippen molar-refractivity contribution in [2.75, 3.05) is 19.5 Å². The van der Waals surface area contributed by atoms with Gasteiger partial charge in [-0.05, 0) is 30.3 Å². The van der Waals surface area contributed by atoms with E-state index in [2.05, 4.69) is 20.4 Å². The SMILES string of the molecule is COc1ccc(Nc2ncnc3c2cnn3-c2cccc(Cl)c2)c(OC)c1. The molecule has 0 amide bonds. The number of hydrogen-bond donors (Lipinski definition) is 1. The van der Waals surface area contributed by atoms with Gasteiger partial charge in [-0.3, -0.25) is 0 Å². The Morgan fingerprint density at radius 3 is 2.70 bits per heavy atom. The second kappa shape index (κ2) is 7.13. The van der Waals surface area contributed by atoms with Crippen LogP contribution in [0.3, 0.4) is 0 Å². The molecule has 4 rings (SSSR count). The molecule has 0 aliphatic heterocycles. The summed E-state index contributed by atoms with van der Waals surface area (Å²) >= 11 is 6.10. The van der Waals surface area contributed by atoms with Gasteiger partial charge in [-0.2, -0.15) is 5.10 Å². The van der Waals surface area contributed by atoms with Gasteiger partial charge in [0.1, 0.15) is 23.6 Å². The summed E-state index contributed by atoms with van der Waals surface area (Å²) in [5.74, 6) is 1.97. The number of halogens is 1. The Balaban J connectivity index is 1.76. The minimum Gasteiger partial charge on any atom is -0.497 e. The van der Waals surface area contributed by atoms with E-state index in [1.807, 2.05) is 36.4 Å². The summed E-state index contributed by atoms with van der Waals surface area (Å²) in [6, 6.07) is 12.9. The lowest BCUT2D eigenvalue weighted by atomic mass is 10.2. The largest absolute Gasteiger partial charge is 0.497 e. The highest BCUT2D eigenvalue weighted by molar-refractivity contribution is 6.30. The first-order valence-corrected chi connectivity index (χ1v) is 8.51. The Kier molecular flexibility index (Phi) is 4.52. The average Bonchev–Trinajstić information content (AvgIpc) is 3.13. The number of rotatable bonds is 5. The van der Waals surface area contributed by atoms with Crippen LogP contribution in [-0.2, 0) is 0 Å². The summed E-state index contributed by atoms with van der Waals surface area (Å²) in [6.07, 6.45) is 3.21. The molecule has 0 saturated heterocycles. The van der Waals surface area contributed by atoms with Gasteiger partial charge in [0, 0.05) is 11.1 Å². The molecule has 7 nitrogen and oxygen atoms in total. The van der Waals surface area contributed by atoms with Crippen LogP contribution in [0.2, 0.25) is 5.02 Å². The lowest BCUT2D eigenvalue weighted by molar-refractivity contribution is 0.395. The van der Waals surface area contributed by atoms with Crippen LogP contribution in [0.15, 0.2) is 55.0 Å². The number of methoxy groups -OCH3 is 2. The fraction of sp³-hybridized carbons (Fsp3) is 0.105. The molecule has 0 spiro atoms. The molecule has 1 N–H and O–H groups in total. The maximum Gasteiger partial charge on any atom is 0.168 e. The number of ether oxygens (including phenoxy) is 2. The predicted molar refractivity (Wildman–Crippen MR) is 104 cm³/mol. The Labute approximate surface area is 160 Å². The number of fused-ring (bicyclic) bond motifs is 1. The van der Waals surface area contributed by atoms with Crippen LogP contribution in [0.4, 0.5) is 11.5 Å². The van der Waals surface area contributed by atoms with Gasteiger partial charge in [0.25, 0.3) is 0 Å². The van der Waals surface area contributed by atoms with E-state index in [1.165, 1.54) is 6.33 Å². The van der Waals surface area contributed by atoms with E-state index in [4.69, 9.17) is 21.1 Å². The zero-order chi connectivity index (χ0) is 18.8. The van der Waals surface area contributed by atoms with Crippen molar-refractivity contribution < 1.29 is 9.47 Å². The predicted octanol–water partition coefficient (Wildman–Crippen LogP) is 4.23. The van der Waals surface area contributed by atoms with Crippen LogP contribution >= 0.6 is 11.6 Å². The summed E-state index contributed by atoms with van der Waals surface area (Å²) in [5, 5.41) is 9.13. The van der Waals surface area contributed by atoms with Gasteiger partial charge < -0.3 is 14.8 Å². The minimum atomic E-state index is 0.622. The lowest BCUT2D eigenvalue weighted by Crippen LogP contribution is -2.00. The molecule has 0 fully saturated rings. The summed E-state index contributed by atoms with van der Waals surface area (Å²) < 4.78 is 12.4. The lowest BCUT2D eigenvalue weighted by Gasteiger charge is -2.12. The smallest absolute Gasteiger partial charge is 0.168 e. The van der Waals surface area contributed by atoms with Gasteiger partial charge in [-0.25, -0.2) is 14.6 Å². The highest BCUT2D eigenvalue weighted by atomic mass is 35.5. The van der Waals surface area contributed by atoms with E-state index < -0.39 is 0 Å². The summed E-state index contributed by atoms with van der Waals surface area (Å²) in [7, 11) is 3.22. The van der Waals surface area contributed by atoms with E-state index >= 15 is 0 Å². The van der Waals surface area contributed by atoms with Crippen LogP contribution in [0.1, 0.15) is 0 Å². The topological polar surface area (TPSA) is 74.1 Å². The number of nitrogens with zero attached hydrogens (tertiary/aromatic N) is 4. The van der Waals surface area contributed by atoms with Crippen molar-refractivity contribution in [3.8, 4) is 17.2 Å². The maximum atomic E-state index is 6.10. The van der Waals surface area contributed by atoms with Crippen LogP contribution in [0.5, 0.6) is 11.5 Å². The average molecular weight is 382 g/mol. The van der Waals surface area contributed by atoms with Gasteiger partial charge in [-0.1, -0.05) is 17.7 Å². The highest BCUT2D eigenvalue weighted by Crippen LogP contribution is 2.33. The van der Waals surface area contributed by atoms with Crippen molar-refractivity contribution in [3.05, 3.63) is 60.0 Å². The molecule has 2 aromatic carbocycles. The standard InChI is InChI=1S/C19H16ClN5O2/c1-26-14-6-7-16(17(9-14)27-2)24-18-15-10-23-25(19(15)22-11-21-18)13-5-3-4-12(20)8-13/h3-11H,1-2H3,(H,21,22,24). The van der Waals surface area contributed by atoms with Crippen LogP contribution in [-0.4, -0.2) is 34.0 Å². The molecule has 0 aliphatic rings. The van der Waals surface area contributed by atoms with Gasteiger partial charge in [0.2, 0.25) is 0 Å². The number of hydrogen-bond acceptors (Lipinski definition) is 6.